The molecular weight excluding hydrogens is 905 g/mol. The number of amides is 3. The highest BCUT2D eigenvalue weighted by atomic mass is 16.5. The second-order valence-corrected chi connectivity index (χ2v) is 19.6. The summed E-state index contributed by atoms with van der Waals surface area (Å²) in [5, 5.41) is 5.85. The number of methoxy groups -OCH3 is 1. The number of likely N-dealkylation sites (N-methyl/N-ethyl adjacent to an activating group) is 2. The van der Waals surface area contributed by atoms with E-state index in [1.165, 1.54) is 11.8 Å². The highest BCUT2D eigenvalue weighted by Crippen LogP contribution is 2.42. The van der Waals surface area contributed by atoms with Gasteiger partial charge in [0.1, 0.15) is 18.1 Å². The lowest BCUT2D eigenvalue weighted by atomic mass is 9.84. The van der Waals surface area contributed by atoms with Crippen LogP contribution in [0.1, 0.15) is 102 Å². The molecule has 17 heteroatoms. The van der Waals surface area contributed by atoms with E-state index in [1.807, 2.05) is 44.1 Å². The van der Waals surface area contributed by atoms with Crippen LogP contribution in [0.4, 0.5) is 0 Å². The monoisotopic (exact) mass is 981 g/mol. The van der Waals surface area contributed by atoms with E-state index in [4.69, 9.17) is 24.9 Å². The molecule has 2 aromatic carbocycles. The molecule has 1 saturated carbocycles. The number of carbonyl (C=O) groups excluding carboxylic acids is 6. The molecule has 1 saturated heterocycles. The van der Waals surface area contributed by atoms with E-state index < -0.39 is 17.4 Å². The quantitative estimate of drug-likeness (QED) is 0.0468. The van der Waals surface area contributed by atoms with E-state index in [0.717, 1.165) is 88.6 Å². The van der Waals surface area contributed by atoms with Gasteiger partial charge in [0.25, 0.3) is 12.4 Å². The Morgan fingerprint density at radius 3 is 2.38 bits per heavy atom. The smallest absolute Gasteiger partial charge is 0.308 e. The number of carbonyl (C=O) groups is 6. The van der Waals surface area contributed by atoms with Crippen LogP contribution in [-0.4, -0.2) is 134 Å². The number of nitrogens with zero attached hydrogens (tertiary/aromatic N) is 5. The fourth-order valence-electron chi connectivity index (χ4n) is 9.86. The predicted octanol–water partition coefficient (Wildman–Crippen LogP) is 6.03. The number of benzene rings is 2. The molecule has 4 aromatic rings. The summed E-state index contributed by atoms with van der Waals surface area (Å²) in [5.74, 6) is -0.345. The van der Waals surface area contributed by atoms with E-state index in [0.29, 0.717) is 57.5 Å². The number of nitrogens with two attached hydrogens (primary N) is 1. The van der Waals surface area contributed by atoms with Gasteiger partial charge in [-0.15, -0.1) is 0 Å². The maximum absolute atomic E-state index is 14.3. The van der Waals surface area contributed by atoms with Crippen molar-refractivity contribution in [1.29, 1.82) is 0 Å². The number of rotatable bonds is 22. The van der Waals surface area contributed by atoms with E-state index in [2.05, 4.69) is 60.3 Å². The Morgan fingerprint density at radius 2 is 1.76 bits per heavy atom. The maximum Gasteiger partial charge on any atom is 0.308 e. The number of aldehydes is 1. The molecule has 17 nitrogen and oxygen atoms in total. The van der Waals surface area contributed by atoms with Crippen LogP contribution in [0, 0.1) is 11.3 Å². The molecule has 2 aliphatic rings. The number of nitrogens with one attached hydrogen (secondary N) is 2. The topological polar surface area (TPSA) is 208 Å². The minimum Gasteiger partial charge on any atom is -0.467 e. The number of ether oxygens (including phenoxy) is 3. The molecular formula is C54H76N8O9. The zero-order valence-electron chi connectivity index (χ0n) is 43.3. The van der Waals surface area contributed by atoms with Crippen LogP contribution < -0.4 is 21.2 Å². The summed E-state index contributed by atoms with van der Waals surface area (Å²) in [4.78, 5) is 81.1. The van der Waals surface area contributed by atoms with Crippen molar-refractivity contribution in [2.24, 2.45) is 17.1 Å². The average Bonchev–Trinajstić information content (AvgIpc) is 3.98. The average molecular weight is 981 g/mol. The van der Waals surface area contributed by atoms with Crippen molar-refractivity contribution in [1.82, 2.24) is 35.1 Å². The van der Waals surface area contributed by atoms with Crippen molar-refractivity contribution >= 4 is 47.4 Å². The van der Waals surface area contributed by atoms with Crippen molar-refractivity contribution in [3.63, 3.8) is 0 Å². The number of aromatic nitrogens is 2. The SMILES string of the molecule is CCn1c(-c2cccnc2C(C)OC)c(CC(C)(C)COC=O)c2cc(-c3cc(CC(NC(=O)C(C4CCCC4)N(C)C)C(=O)N4CCCCN4)cc(OC(C)=O)c3)ccc21.CN(CC=O)C(=O)CCN. The Hall–Kier alpha value is -6.01. The number of hydrogen-bond acceptors (Lipinski definition) is 13. The van der Waals surface area contributed by atoms with Crippen LogP contribution in [-0.2, 0) is 57.6 Å². The molecule has 2 aromatic heterocycles. The summed E-state index contributed by atoms with van der Waals surface area (Å²) in [7, 11) is 7.11. The molecule has 2 fully saturated rings. The fourth-order valence-corrected chi connectivity index (χ4v) is 9.86. The predicted molar refractivity (Wildman–Crippen MR) is 274 cm³/mol. The summed E-state index contributed by atoms with van der Waals surface area (Å²) in [6.45, 7) is 12.8. The number of hydrogen-bond donors (Lipinski definition) is 3. The molecule has 0 spiro atoms. The molecule has 0 radical (unpaired) electrons. The van der Waals surface area contributed by atoms with Gasteiger partial charge in [0, 0.05) is 88.2 Å². The number of pyridine rings is 1. The van der Waals surface area contributed by atoms with Gasteiger partial charge in [-0.2, -0.15) is 0 Å². The third-order valence-corrected chi connectivity index (χ3v) is 13.3. The molecule has 1 aliphatic carbocycles. The normalized spacial score (nSPS) is 15.3. The molecule has 3 atom stereocenters. The van der Waals surface area contributed by atoms with E-state index >= 15 is 0 Å². The zero-order chi connectivity index (χ0) is 51.8. The number of hydrazine groups is 1. The minimum atomic E-state index is -0.864. The lowest BCUT2D eigenvalue weighted by Crippen LogP contribution is -2.58. The Morgan fingerprint density at radius 1 is 1.01 bits per heavy atom. The third kappa shape index (κ3) is 14.8. The van der Waals surface area contributed by atoms with Crippen molar-refractivity contribution in [2.45, 2.75) is 117 Å². The van der Waals surface area contributed by atoms with Crippen molar-refractivity contribution in [3.05, 3.63) is 71.5 Å². The minimum absolute atomic E-state index is 0.0883. The van der Waals surface area contributed by atoms with Crippen molar-refractivity contribution in [3.8, 4) is 28.1 Å². The Kier molecular flexibility index (Phi) is 20.8. The van der Waals surface area contributed by atoms with Crippen LogP contribution in [0.5, 0.6) is 5.75 Å². The van der Waals surface area contributed by atoms with Crippen molar-refractivity contribution < 1.29 is 43.0 Å². The first-order valence-corrected chi connectivity index (χ1v) is 24.9. The summed E-state index contributed by atoms with van der Waals surface area (Å²) in [6.07, 6.45) is 9.26. The number of esters is 1. The summed E-state index contributed by atoms with van der Waals surface area (Å²) >= 11 is 0. The Bertz CT molecular complexity index is 2460. The van der Waals surface area contributed by atoms with Gasteiger partial charge in [-0.05, 0) is 125 Å². The molecule has 3 heterocycles. The fraction of sp³-hybridized carbons (Fsp3) is 0.537. The maximum atomic E-state index is 14.3. The summed E-state index contributed by atoms with van der Waals surface area (Å²) in [5.41, 5.74) is 15.3. The van der Waals surface area contributed by atoms with E-state index in [9.17, 15) is 28.8 Å². The van der Waals surface area contributed by atoms with Gasteiger partial charge in [-0.25, -0.2) is 5.43 Å². The largest absolute Gasteiger partial charge is 0.467 e. The van der Waals surface area contributed by atoms with Gasteiger partial charge >= 0.3 is 5.97 Å². The Labute approximate surface area is 419 Å². The summed E-state index contributed by atoms with van der Waals surface area (Å²) in [6, 6.07) is 14.8. The molecule has 386 valence electrons. The van der Waals surface area contributed by atoms with Crippen LogP contribution in [0.2, 0.25) is 0 Å². The van der Waals surface area contributed by atoms with E-state index in [-0.39, 0.29) is 55.4 Å². The second kappa shape index (κ2) is 26.4. The van der Waals surface area contributed by atoms with Gasteiger partial charge < -0.3 is 39.5 Å². The molecule has 6 rings (SSSR count). The molecule has 1 aliphatic heterocycles. The molecule has 3 unspecified atom stereocenters. The molecule has 0 bridgehead atoms. The Balaban J connectivity index is 0.000000843. The molecule has 71 heavy (non-hydrogen) atoms. The van der Waals surface area contributed by atoms with Crippen LogP contribution in [0.3, 0.4) is 0 Å². The summed E-state index contributed by atoms with van der Waals surface area (Å²) < 4.78 is 19.2. The van der Waals surface area contributed by atoms with Gasteiger partial charge in [0.2, 0.25) is 11.8 Å². The third-order valence-electron chi connectivity index (χ3n) is 13.3. The molecule has 3 amide bonds. The van der Waals surface area contributed by atoms with Gasteiger partial charge in [-0.1, -0.05) is 38.8 Å². The standard InChI is InChI=1S/C48H64N6O7.C6H12N2O2/c1-9-53-42-19-18-35(27-39(42)40(28-48(4,5)29-60-30-55)45(53)38-17-14-20-49-43(38)31(2)59-8)36-23-33(24-37(26-36)61-32(3)56)25-41(47(58)54-22-13-12-21-50-54)51-46(57)44(52(6)7)34-15-10-11-16-34;1-8(4-5-9)6(10)2-3-7/h14,17-20,23-24,26-27,30-31,34,41,44,50H,9-13,15-16,21-22,25,28-29H2,1-8H3,(H,51,57);5H,2-4,7H2,1H3. The van der Waals surface area contributed by atoms with Crippen LogP contribution in [0.25, 0.3) is 33.3 Å². The van der Waals surface area contributed by atoms with Crippen molar-refractivity contribution in [2.75, 3.05) is 61.0 Å². The van der Waals surface area contributed by atoms with Gasteiger partial charge in [0.05, 0.1) is 36.7 Å². The van der Waals surface area contributed by atoms with Crippen LogP contribution >= 0.6 is 0 Å². The lowest BCUT2D eigenvalue weighted by Gasteiger charge is -2.34. The van der Waals surface area contributed by atoms with Gasteiger partial charge in [-0.3, -0.25) is 38.9 Å². The first-order chi connectivity index (χ1) is 34.0. The highest BCUT2D eigenvalue weighted by Gasteiger charge is 2.36. The molecule has 4 N–H and O–H groups in total. The first kappa shape index (κ1) is 55.9. The second-order valence-electron chi connectivity index (χ2n) is 19.6. The number of aryl methyl sites for hydroxylation is 1. The highest BCUT2D eigenvalue weighted by molar-refractivity contribution is 5.96. The number of fused-ring (bicyclic) bond motifs is 1. The first-order valence-electron chi connectivity index (χ1n) is 24.9. The lowest BCUT2D eigenvalue weighted by molar-refractivity contribution is -0.141. The van der Waals surface area contributed by atoms with Crippen LogP contribution in [0.15, 0.2) is 54.7 Å². The van der Waals surface area contributed by atoms with E-state index in [1.54, 1.807) is 31.4 Å². The van der Waals surface area contributed by atoms with Gasteiger partial charge in [0.15, 0.2) is 0 Å². The zero-order valence-corrected chi connectivity index (χ0v) is 43.3.